The van der Waals surface area contributed by atoms with Gasteiger partial charge >= 0.3 is 0 Å². The Bertz CT molecular complexity index is 596. The number of fused-ring (bicyclic) bond motifs is 2. The summed E-state index contributed by atoms with van der Waals surface area (Å²) in [7, 11) is 0. The Hall–Kier alpha value is -1.34. The Morgan fingerprint density at radius 1 is 0.941 bits per heavy atom. The van der Waals surface area contributed by atoms with Crippen LogP contribution in [-0.2, 0) is 13.1 Å². The fraction of sp³-hybridized carbons (Fsp3) is 0.375. The van der Waals surface area contributed by atoms with Gasteiger partial charge in [0.05, 0.1) is 0 Å². The van der Waals surface area contributed by atoms with Crippen molar-refractivity contribution in [2.24, 2.45) is 0 Å². The molecule has 0 aromatic heterocycles. The van der Waals surface area contributed by atoms with Crippen molar-refractivity contribution in [3.63, 3.8) is 0 Å². The molecule has 0 atom stereocenters. The third-order valence-electron chi connectivity index (χ3n) is 4.12. The summed E-state index contributed by atoms with van der Waals surface area (Å²) in [4.78, 5) is 2.64. The Kier molecular flexibility index (Phi) is 1.89. The third-order valence-corrected chi connectivity index (χ3v) is 4.12. The van der Waals surface area contributed by atoms with E-state index in [9.17, 15) is 0 Å². The van der Waals surface area contributed by atoms with Crippen LogP contribution in [0.5, 0.6) is 0 Å². The summed E-state index contributed by atoms with van der Waals surface area (Å²) in [6.45, 7) is 4.51. The van der Waals surface area contributed by atoms with E-state index in [1.54, 1.807) is 11.1 Å². The summed E-state index contributed by atoms with van der Waals surface area (Å²) in [6.07, 6.45) is 2.82. The minimum Gasteiger partial charge on any atom is -0.292 e. The Balaban J connectivity index is 1.81. The number of hydrogen-bond acceptors (Lipinski definition) is 1. The van der Waals surface area contributed by atoms with Crippen molar-refractivity contribution in [3.8, 4) is 0 Å². The van der Waals surface area contributed by atoms with E-state index < -0.39 is 0 Å². The lowest BCUT2D eigenvalue weighted by atomic mass is 10.0. The van der Waals surface area contributed by atoms with Crippen molar-refractivity contribution in [3.05, 3.63) is 47.0 Å². The van der Waals surface area contributed by atoms with Gasteiger partial charge in [0, 0.05) is 19.1 Å². The van der Waals surface area contributed by atoms with Crippen LogP contribution in [0.3, 0.4) is 0 Å². The first-order chi connectivity index (χ1) is 8.29. The molecule has 2 aliphatic rings. The smallest absolute Gasteiger partial charge is 0.0243 e. The Morgan fingerprint density at radius 3 is 2.35 bits per heavy atom. The molecular formula is C16H17N. The van der Waals surface area contributed by atoms with E-state index in [0.717, 1.165) is 6.04 Å². The normalized spacial score (nSPS) is 19.8. The molecule has 0 saturated heterocycles. The van der Waals surface area contributed by atoms with Crippen molar-refractivity contribution in [1.29, 1.82) is 0 Å². The second-order valence-electron chi connectivity index (χ2n) is 5.61. The minimum atomic E-state index is 0.882. The Morgan fingerprint density at radius 2 is 1.65 bits per heavy atom. The SMILES string of the molecule is Cc1ccc2cc3c(cc2c1)CN(C1CC1)C3. The standard InChI is InChI=1S/C16H17N/c1-11-2-3-12-7-14-9-17(16-4-5-16)10-15(14)8-13(12)6-11/h2-3,6-8,16H,4-5,9-10H2,1H3. The highest BCUT2D eigenvalue weighted by Crippen LogP contribution is 2.36. The van der Waals surface area contributed by atoms with Crippen LogP contribution < -0.4 is 0 Å². The first kappa shape index (κ1) is 9.67. The fourth-order valence-corrected chi connectivity index (χ4v) is 3.00. The maximum atomic E-state index is 2.64. The quantitative estimate of drug-likeness (QED) is 0.713. The van der Waals surface area contributed by atoms with Crippen molar-refractivity contribution in [2.75, 3.05) is 0 Å². The van der Waals surface area contributed by atoms with Crippen molar-refractivity contribution >= 4 is 10.8 Å². The molecule has 1 aliphatic heterocycles. The molecule has 4 rings (SSSR count). The van der Waals surface area contributed by atoms with Crippen LogP contribution in [0.15, 0.2) is 30.3 Å². The zero-order valence-electron chi connectivity index (χ0n) is 10.2. The van der Waals surface area contributed by atoms with Crippen LogP contribution in [-0.4, -0.2) is 10.9 Å². The predicted octanol–water partition coefficient (Wildman–Crippen LogP) is 3.63. The van der Waals surface area contributed by atoms with Crippen LogP contribution >= 0.6 is 0 Å². The van der Waals surface area contributed by atoms with Crippen molar-refractivity contribution in [1.82, 2.24) is 4.90 Å². The average Bonchev–Trinajstić information content (AvgIpc) is 3.07. The summed E-state index contributed by atoms with van der Waals surface area (Å²) < 4.78 is 0. The van der Waals surface area contributed by atoms with E-state index in [1.807, 2.05) is 0 Å². The molecule has 0 unspecified atom stereocenters. The maximum Gasteiger partial charge on any atom is 0.0243 e. The van der Waals surface area contributed by atoms with Crippen molar-refractivity contribution in [2.45, 2.75) is 38.9 Å². The van der Waals surface area contributed by atoms with E-state index >= 15 is 0 Å². The average molecular weight is 223 g/mol. The number of aryl methyl sites for hydroxylation is 1. The summed E-state index contributed by atoms with van der Waals surface area (Å²) in [5, 5.41) is 2.80. The van der Waals surface area contributed by atoms with Gasteiger partial charge in [0.1, 0.15) is 0 Å². The molecule has 0 N–H and O–H groups in total. The van der Waals surface area contributed by atoms with E-state index in [4.69, 9.17) is 0 Å². The summed E-state index contributed by atoms with van der Waals surface area (Å²) >= 11 is 0. The third kappa shape index (κ3) is 1.57. The van der Waals surface area contributed by atoms with Crippen LogP contribution in [0, 0.1) is 6.92 Å². The van der Waals surface area contributed by atoms with Gasteiger partial charge in [-0.05, 0) is 53.8 Å². The molecule has 0 radical (unpaired) electrons. The van der Waals surface area contributed by atoms with Gasteiger partial charge in [0.2, 0.25) is 0 Å². The molecule has 0 spiro atoms. The largest absolute Gasteiger partial charge is 0.292 e. The molecule has 17 heavy (non-hydrogen) atoms. The molecule has 1 nitrogen and oxygen atoms in total. The highest BCUT2D eigenvalue weighted by Gasteiger charge is 2.32. The van der Waals surface area contributed by atoms with Gasteiger partial charge < -0.3 is 0 Å². The molecule has 1 heteroatoms. The van der Waals surface area contributed by atoms with Gasteiger partial charge in [-0.15, -0.1) is 0 Å². The zero-order chi connectivity index (χ0) is 11.4. The monoisotopic (exact) mass is 223 g/mol. The molecule has 2 aromatic carbocycles. The van der Waals surface area contributed by atoms with Gasteiger partial charge in [-0.2, -0.15) is 0 Å². The van der Waals surface area contributed by atoms with E-state index in [0.29, 0.717) is 0 Å². The maximum absolute atomic E-state index is 2.64. The summed E-state index contributed by atoms with van der Waals surface area (Å²) in [5.74, 6) is 0. The molecule has 1 fully saturated rings. The fourth-order valence-electron chi connectivity index (χ4n) is 3.00. The van der Waals surface area contributed by atoms with Gasteiger partial charge in [0.15, 0.2) is 0 Å². The first-order valence-corrected chi connectivity index (χ1v) is 6.56. The number of rotatable bonds is 1. The molecule has 2 aromatic rings. The number of hydrogen-bond donors (Lipinski definition) is 0. The van der Waals surface area contributed by atoms with Crippen LogP contribution in [0.2, 0.25) is 0 Å². The lowest BCUT2D eigenvalue weighted by Gasteiger charge is -2.11. The lowest BCUT2D eigenvalue weighted by molar-refractivity contribution is 0.273. The molecule has 86 valence electrons. The first-order valence-electron chi connectivity index (χ1n) is 6.56. The summed E-state index contributed by atoms with van der Waals surface area (Å²) in [5.41, 5.74) is 4.46. The van der Waals surface area contributed by atoms with E-state index in [1.165, 1.54) is 42.3 Å². The van der Waals surface area contributed by atoms with Gasteiger partial charge in [-0.3, -0.25) is 4.90 Å². The zero-order valence-corrected chi connectivity index (χ0v) is 10.2. The highest BCUT2D eigenvalue weighted by atomic mass is 15.2. The topological polar surface area (TPSA) is 3.24 Å². The van der Waals surface area contributed by atoms with Gasteiger partial charge in [-0.25, -0.2) is 0 Å². The second-order valence-corrected chi connectivity index (χ2v) is 5.61. The second kappa shape index (κ2) is 3.33. The summed E-state index contributed by atoms with van der Waals surface area (Å²) in [6, 6.07) is 12.4. The minimum absolute atomic E-state index is 0.882. The number of benzene rings is 2. The number of nitrogens with zero attached hydrogens (tertiary/aromatic N) is 1. The highest BCUT2D eigenvalue weighted by molar-refractivity contribution is 5.85. The molecule has 1 aliphatic carbocycles. The molecule has 1 saturated carbocycles. The predicted molar refractivity (Wildman–Crippen MR) is 71.0 cm³/mol. The van der Waals surface area contributed by atoms with E-state index in [2.05, 4.69) is 42.2 Å². The molecule has 1 heterocycles. The van der Waals surface area contributed by atoms with Gasteiger partial charge in [-0.1, -0.05) is 23.8 Å². The lowest BCUT2D eigenvalue weighted by Crippen LogP contribution is -2.18. The molecule has 0 amide bonds. The van der Waals surface area contributed by atoms with Gasteiger partial charge in [0.25, 0.3) is 0 Å². The Labute approximate surface area is 102 Å². The van der Waals surface area contributed by atoms with Crippen LogP contribution in [0.4, 0.5) is 0 Å². The van der Waals surface area contributed by atoms with Crippen molar-refractivity contribution < 1.29 is 0 Å². The van der Waals surface area contributed by atoms with E-state index in [-0.39, 0.29) is 0 Å². The molecular weight excluding hydrogens is 206 g/mol. The van der Waals surface area contributed by atoms with Crippen LogP contribution in [0.1, 0.15) is 29.5 Å². The van der Waals surface area contributed by atoms with Crippen LogP contribution in [0.25, 0.3) is 10.8 Å². The molecule has 0 bridgehead atoms.